The maximum Gasteiger partial charge on any atom is 0.407 e. The Morgan fingerprint density at radius 2 is 2.05 bits per heavy atom. The van der Waals surface area contributed by atoms with Gasteiger partial charge in [0.25, 0.3) is 0 Å². The number of fused-ring (bicyclic) bond motifs is 3. The van der Waals surface area contributed by atoms with Gasteiger partial charge >= 0.3 is 6.09 Å². The van der Waals surface area contributed by atoms with Crippen LogP contribution in [0.3, 0.4) is 0 Å². The van der Waals surface area contributed by atoms with Crippen LogP contribution in [0, 0.1) is 5.41 Å². The first kappa shape index (κ1) is 30.2. The lowest BCUT2D eigenvalue weighted by Gasteiger charge is -2.43. The van der Waals surface area contributed by atoms with Crippen molar-refractivity contribution in [3.8, 4) is 5.75 Å². The molecule has 6 rings (SSSR count). The van der Waals surface area contributed by atoms with Crippen molar-refractivity contribution in [2.24, 2.45) is 5.41 Å². The molecule has 1 amide bonds. The number of nitrogens with one attached hydrogen (secondary N) is 1. The molecule has 234 valence electrons. The summed E-state index contributed by atoms with van der Waals surface area (Å²) in [5, 5.41) is 14.1. The Bertz CT molecular complexity index is 1330. The molecule has 6 heterocycles. The van der Waals surface area contributed by atoms with E-state index in [1.165, 1.54) is 11.8 Å². The van der Waals surface area contributed by atoms with Crippen LogP contribution in [0.2, 0.25) is 0 Å². The van der Waals surface area contributed by atoms with Crippen molar-refractivity contribution in [3.63, 3.8) is 0 Å². The molecule has 12 nitrogen and oxygen atoms in total. The van der Waals surface area contributed by atoms with E-state index in [0.717, 1.165) is 42.3 Å². The monoisotopic (exact) mass is 614 g/mol. The number of ether oxygens (including phenoxy) is 4. The predicted octanol–water partition coefficient (Wildman–Crippen LogP) is 3.40. The summed E-state index contributed by atoms with van der Waals surface area (Å²) in [6.45, 7) is 10.7. The van der Waals surface area contributed by atoms with E-state index in [1.54, 1.807) is 19.5 Å². The molecule has 2 N–H and O–H groups in total. The van der Waals surface area contributed by atoms with Crippen molar-refractivity contribution in [1.29, 1.82) is 0 Å². The van der Waals surface area contributed by atoms with Gasteiger partial charge in [-0.25, -0.2) is 19.7 Å². The molecule has 0 aromatic carbocycles. The molecule has 2 aromatic rings. The topological polar surface area (TPSA) is 131 Å². The van der Waals surface area contributed by atoms with Crippen molar-refractivity contribution in [3.05, 3.63) is 24.2 Å². The summed E-state index contributed by atoms with van der Waals surface area (Å²) in [5.41, 5.74) is -0.221. The van der Waals surface area contributed by atoms with E-state index in [1.807, 2.05) is 33.8 Å². The molecule has 0 radical (unpaired) electrons. The molecule has 4 atom stereocenters. The molecule has 43 heavy (non-hydrogen) atoms. The fourth-order valence-corrected chi connectivity index (χ4v) is 7.58. The van der Waals surface area contributed by atoms with Crippen LogP contribution in [0.4, 0.5) is 16.4 Å². The SMILES string of the molecule is CO[C@H]1C[C@H]2COc3c(Sc4cnc(N5CCC6(CC5)CO[C@@H](C)[C@H]6NC(=O)OC(C)(C)C)c(CO)n4)ccnc3N2C1. The quantitative estimate of drug-likeness (QED) is 0.494. The molecule has 4 aliphatic heterocycles. The van der Waals surface area contributed by atoms with Crippen LogP contribution >= 0.6 is 11.8 Å². The van der Waals surface area contributed by atoms with Crippen LogP contribution < -0.4 is 19.9 Å². The number of amides is 1. The summed E-state index contributed by atoms with van der Waals surface area (Å²) in [6.07, 6.45) is 5.74. The number of hydrogen-bond donors (Lipinski definition) is 2. The average Bonchev–Trinajstić information content (AvgIpc) is 3.54. The van der Waals surface area contributed by atoms with Crippen LogP contribution in [0.1, 0.15) is 52.7 Å². The lowest BCUT2D eigenvalue weighted by molar-refractivity contribution is 0.0434. The lowest BCUT2D eigenvalue weighted by Crippen LogP contribution is -2.55. The minimum Gasteiger partial charge on any atom is -0.486 e. The van der Waals surface area contributed by atoms with Crippen LogP contribution in [0.5, 0.6) is 5.75 Å². The molecule has 4 aliphatic rings. The zero-order chi connectivity index (χ0) is 30.4. The number of hydrogen-bond acceptors (Lipinski definition) is 12. The van der Waals surface area contributed by atoms with Crippen molar-refractivity contribution in [2.75, 3.05) is 49.8 Å². The summed E-state index contributed by atoms with van der Waals surface area (Å²) in [5.74, 6) is 2.27. The minimum atomic E-state index is -0.568. The van der Waals surface area contributed by atoms with Crippen molar-refractivity contribution in [2.45, 2.75) is 93.4 Å². The van der Waals surface area contributed by atoms with Crippen molar-refractivity contribution < 1.29 is 28.8 Å². The number of anilines is 2. The van der Waals surface area contributed by atoms with Crippen LogP contribution in [0.25, 0.3) is 0 Å². The number of piperidine rings is 1. The number of aliphatic hydroxyl groups excluding tert-OH is 1. The van der Waals surface area contributed by atoms with Gasteiger partial charge in [-0.15, -0.1) is 0 Å². The first-order valence-corrected chi connectivity index (χ1v) is 15.8. The van der Waals surface area contributed by atoms with E-state index in [4.69, 9.17) is 28.9 Å². The van der Waals surface area contributed by atoms with Crippen LogP contribution in [-0.4, -0.2) is 96.0 Å². The van der Waals surface area contributed by atoms with Gasteiger partial charge in [-0.2, -0.15) is 0 Å². The van der Waals surface area contributed by atoms with Crippen molar-refractivity contribution in [1.82, 2.24) is 20.3 Å². The summed E-state index contributed by atoms with van der Waals surface area (Å²) < 4.78 is 23.4. The third-order valence-corrected chi connectivity index (χ3v) is 9.86. The van der Waals surface area contributed by atoms with Gasteiger partial charge in [0.15, 0.2) is 17.4 Å². The number of aliphatic hydroxyl groups is 1. The van der Waals surface area contributed by atoms with Gasteiger partial charge in [0.2, 0.25) is 0 Å². The van der Waals surface area contributed by atoms with E-state index in [-0.39, 0.29) is 36.3 Å². The van der Waals surface area contributed by atoms with Crippen molar-refractivity contribution >= 4 is 29.5 Å². The third kappa shape index (κ3) is 6.09. The molecular formula is C30H42N6O6S. The highest BCUT2D eigenvalue weighted by atomic mass is 32.2. The molecule has 3 fully saturated rings. The Morgan fingerprint density at radius 3 is 2.77 bits per heavy atom. The van der Waals surface area contributed by atoms with E-state index >= 15 is 0 Å². The highest BCUT2D eigenvalue weighted by Crippen LogP contribution is 2.45. The highest BCUT2D eigenvalue weighted by molar-refractivity contribution is 7.99. The normalized spacial score (nSPS) is 26.2. The fourth-order valence-electron chi connectivity index (χ4n) is 6.72. The highest BCUT2D eigenvalue weighted by Gasteiger charge is 2.51. The Morgan fingerprint density at radius 1 is 1.26 bits per heavy atom. The van der Waals surface area contributed by atoms with E-state index in [9.17, 15) is 9.90 Å². The van der Waals surface area contributed by atoms with E-state index in [2.05, 4.69) is 20.1 Å². The van der Waals surface area contributed by atoms with Gasteiger partial charge < -0.3 is 39.2 Å². The largest absolute Gasteiger partial charge is 0.486 e. The zero-order valence-corrected chi connectivity index (χ0v) is 26.4. The number of carbonyl (C=O) groups excluding carboxylic acids is 1. The van der Waals surface area contributed by atoms with E-state index < -0.39 is 11.7 Å². The standard InChI is InChI=1S/C30H42N6O6S/c1-18-25(34-28(38)42-29(2,3)4)30(17-41-18)7-10-35(11-8-30)26-21(15-37)33-23(13-32-26)43-22-6-9-31-27-24(22)40-16-19-12-20(39-5)14-36(19)27/h6,9,13,18-20,25,37H,7-8,10-12,14-17H2,1-5H3,(H,34,38)/t18-,19-,20-,25+/m0/s1. The second-order valence-corrected chi connectivity index (χ2v) is 14.0. The zero-order valence-electron chi connectivity index (χ0n) is 25.5. The summed E-state index contributed by atoms with van der Waals surface area (Å²) in [4.78, 5) is 32.2. The summed E-state index contributed by atoms with van der Waals surface area (Å²) in [7, 11) is 1.75. The number of pyridine rings is 1. The van der Waals surface area contributed by atoms with Gasteiger partial charge in [-0.05, 0) is 53.0 Å². The number of rotatable bonds is 6. The molecule has 0 saturated carbocycles. The Hall–Kier alpha value is -2.87. The van der Waals surface area contributed by atoms with Crippen LogP contribution in [0.15, 0.2) is 28.4 Å². The number of carbonyl (C=O) groups is 1. The van der Waals surface area contributed by atoms with Gasteiger partial charge in [-0.1, -0.05) is 11.8 Å². The van der Waals surface area contributed by atoms with Gasteiger partial charge in [0.05, 0.1) is 48.6 Å². The number of alkyl carbamates (subject to hydrolysis) is 1. The van der Waals surface area contributed by atoms with Crippen LogP contribution in [-0.2, 0) is 20.8 Å². The molecule has 1 spiro atoms. The molecule has 2 aromatic heterocycles. The maximum atomic E-state index is 12.6. The third-order valence-electron chi connectivity index (χ3n) is 8.91. The summed E-state index contributed by atoms with van der Waals surface area (Å²) >= 11 is 1.46. The molecule has 3 saturated heterocycles. The fraction of sp³-hybridized carbons (Fsp3) is 0.667. The number of methoxy groups -OCH3 is 1. The second-order valence-electron chi connectivity index (χ2n) is 12.9. The average molecular weight is 615 g/mol. The molecule has 13 heteroatoms. The van der Waals surface area contributed by atoms with Gasteiger partial charge in [-0.3, -0.25) is 0 Å². The maximum absolute atomic E-state index is 12.6. The smallest absolute Gasteiger partial charge is 0.407 e. The second kappa shape index (κ2) is 11.9. The molecular weight excluding hydrogens is 572 g/mol. The first-order valence-electron chi connectivity index (χ1n) is 15.0. The Balaban J connectivity index is 1.14. The minimum absolute atomic E-state index is 0.108. The summed E-state index contributed by atoms with van der Waals surface area (Å²) in [6, 6.07) is 2.05. The number of aromatic nitrogens is 3. The predicted molar refractivity (Wildman–Crippen MR) is 161 cm³/mol. The van der Waals surface area contributed by atoms with Gasteiger partial charge in [0.1, 0.15) is 22.9 Å². The molecule has 0 bridgehead atoms. The lowest BCUT2D eigenvalue weighted by atomic mass is 9.73. The first-order chi connectivity index (χ1) is 20.6. The number of nitrogens with zero attached hydrogens (tertiary/aromatic N) is 5. The molecule has 0 aliphatic carbocycles. The van der Waals surface area contributed by atoms with Gasteiger partial charge in [0, 0.05) is 38.4 Å². The Labute approximate surface area is 256 Å². The Kier molecular flexibility index (Phi) is 8.35. The molecule has 0 unspecified atom stereocenters. The van der Waals surface area contributed by atoms with E-state index in [0.29, 0.717) is 42.8 Å².